The number of imidazole rings is 4. The van der Waals surface area contributed by atoms with Crippen LogP contribution in [0.25, 0.3) is 44.1 Å². The zero-order valence-corrected chi connectivity index (χ0v) is 78.5. The Morgan fingerprint density at radius 1 is 0.364 bits per heavy atom. The van der Waals surface area contributed by atoms with E-state index < -0.39 is 0 Å². The summed E-state index contributed by atoms with van der Waals surface area (Å²) in [4.78, 5) is 80.4. The number of amides is 4. The summed E-state index contributed by atoms with van der Waals surface area (Å²) < 4.78 is 85.7. The average molecular weight is 1850 g/mol. The van der Waals surface area contributed by atoms with Gasteiger partial charge in [0.1, 0.15) is 69.6 Å². The number of unbranched alkanes of at least 4 members (excludes halogenated alkanes) is 2. The topological polar surface area (TPSA) is 189 Å². The molecule has 4 aromatic heterocycles. The molecule has 16 rings (SSSR count). The molecule has 0 unspecified atom stereocenters. The van der Waals surface area contributed by atoms with Gasteiger partial charge in [-0.1, -0.05) is 152 Å². The monoisotopic (exact) mass is 1840 g/mol. The first-order valence-corrected chi connectivity index (χ1v) is 46.9. The Balaban J connectivity index is 0.000000147. The Morgan fingerprint density at radius 2 is 0.651 bits per heavy atom. The van der Waals surface area contributed by atoms with Gasteiger partial charge in [-0.05, 0) is 204 Å². The summed E-state index contributed by atoms with van der Waals surface area (Å²) >= 11 is 25.0. The fourth-order valence-corrected chi connectivity index (χ4v) is 19.3. The SMILES string of the molecule is CCCCN(Cc1nc2cc(F)ccc2n1C1CCCC1)C(=O)c1cc(Cl)ccc1OC.CCCCN(Cc1nc2cc(F)ccc2n1C1CCCC1)C(=O)c1ccc(OC)c(Cl)c1.COc1ccc(C(=O)N(CCC(C)C)Cc2nc3cc(F)ccc3n2C2CCCC2)cc1Cl.COc1ccc(C(=O)N(Cc2nc3cc(F)ccc3n2C2CCCC2)CC(C)C)cc1Cl. The summed E-state index contributed by atoms with van der Waals surface area (Å²) in [6, 6.07) is 40.7. The summed E-state index contributed by atoms with van der Waals surface area (Å²) in [5.41, 5.74) is 8.24. The molecular formula is C101H118Cl4F4N12O8. The van der Waals surface area contributed by atoms with Gasteiger partial charge in [0, 0.05) is 96.3 Å². The first-order chi connectivity index (χ1) is 62.3. The van der Waals surface area contributed by atoms with E-state index in [9.17, 15) is 36.7 Å². The molecular weight excluding hydrogens is 1730 g/mol. The van der Waals surface area contributed by atoms with Crippen LogP contribution in [-0.2, 0) is 26.2 Å². The molecule has 0 atom stereocenters. The van der Waals surface area contributed by atoms with Crippen LogP contribution in [0.1, 0.15) is 265 Å². The van der Waals surface area contributed by atoms with Crippen molar-refractivity contribution in [3.8, 4) is 23.0 Å². The van der Waals surface area contributed by atoms with Crippen molar-refractivity contribution in [3.05, 3.63) is 235 Å². The van der Waals surface area contributed by atoms with Crippen molar-refractivity contribution < 1.29 is 55.7 Å². The van der Waals surface area contributed by atoms with Crippen molar-refractivity contribution in [1.82, 2.24) is 57.8 Å². The molecule has 4 amide bonds. The third kappa shape index (κ3) is 23.5. The van der Waals surface area contributed by atoms with Crippen molar-refractivity contribution in [1.29, 1.82) is 0 Å². The Labute approximate surface area is 773 Å². The predicted octanol–water partition coefficient (Wildman–Crippen LogP) is 25.7. The molecule has 20 nitrogen and oxygen atoms in total. The molecule has 12 aromatic rings. The van der Waals surface area contributed by atoms with E-state index in [1.54, 1.807) is 124 Å². The molecule has 0 saturated heterocycles. The first kappa shape index (κ1) is 96.2. The molecule has 686 valence electrons. The van der Waals surface area contributed by atoms with Crippen LogP contribution in [0.4, 0.5) is 17.6 Å². The maximum Gasteiger partial charge on any atom is 0.258 e. The number of ether oxygens (including phenoxy) is 4. The fraction of sp³-hybridized carbons (Fsp3) is 0.446. The number of carbonyl (C=O) groups excluding carboxylic acids is 4. The van der Waals surface area contributed by atoms with Crippen molar-refractivity contribution in [2.45, 2.75) is 227 Å². The molecule has 8 aromatic carbocycles. The van der Waals surface area contributed by atoms with E-state index in [1.807, 2.05) is 20.8 Å². The second-order valence-corrected chi connectivity index (χ2v) is 36.6. The molecule has 129 heavy (non-hydrogen) atoms. The number of carbonyl (C=O) groups is 4. The molecule has 4 aliphatic carbocycles. The van der Waals surface area contributed by atoms with Gasteiger partial charge in [0.25, 0.3) is 23.6 Å². The highest BCUT2D eigenvalue weighted by Gasteiger charge is 2.33. The summed E-state index contributed by atoms with van der Waals surface area (Å²) in [5.74, 6) is 4.36. The minimum atomic E-state index is -0.303. The van der Waals surface area contributed by atoms with E-state index in [2.05, 4.69) is 59.8 Å². The van der Waals surface area contributed by atoms with E-state index in [0.29, 0.717) is 170 Å². The molecule has 0 aliphatic heterocycles. The Kier molecular flexibility index (Phi) is 33.5. The zero-order chi connectivity index (χ0) is 91.7. The molecule has 28 heteroatoms. The number of hydrogen-bond donors (Lipinski definition) is 0. The first-order valence-electron chi connectivity index (χ1n) is 45.4. The van der Waals surface area contributed by atoms with Crippen LogP contribution in [0.3, 0.4) is 0 Å². The Hall–Kier alpha value is -10.4. The quantitative estimate of drug-likeness (QED) is 0.0374. The second-order valence-electron chi connectivity index (χ2n) is 34.9. The maximum atomic E-state index is 13.9. The van der Waals surface area contributed by atoms with Crippen LogP contribution in [0, 0.1) is 35.1 Å². The summed E-state index contributed by atoms with van der Waals surface area (Å²) in [6.07, 6.45) is 22.5. The Bertz CT molecular complexity index is 5890. The van der Waals surface area contributed by atoms with Crippen molar-refractivity contribution in [3.63, 3.8) is 0 Å². The molecule has 0 N–H and O–H groups in total. The van der Waals surface area contributed by atoms with Crippen LogP contribution in [-0.4, -0.2) is 136 Å². The molecule has 0 bridgehead atoms. The van der Waals surface area contributed by atoms with Crippen LogP contribution >= 0.6 is 46.4 Å². The van der Waals surface area contributed by atoms with E-state index in [-0.39, 0.29) is 52.8 Å². The average Bonchev–Trinajstić information content (AvgIpc) is 1.64. The maximum absolute atomic E-state index is 13.9. The standard InChI is InChI=1S/C26H31ClFN3O2.3C25H29ClFN3O2/c1-17(2)12-13-30(26(32)18-8-11-24(33-3)21(27)14-18)16-25-29-22-15-19(28)9-10-23(22)31(25)20-6-4-5-7-20;1-16(2)14-29(25(31)17-8-11-23(32-3)20(26)12-17)15-24-28-21-13-18(27)9-10-22(21)30(24)19-6-4-5-7-19;1-3-4-13-29(25(31)20-14-17(26)9-12-23(20)32-2)16-24-28-21-15-18(27)10-11-22(21)30(24)19-7-5-6-8-19;1-3-4-13-29(25(31)17-9-12-23(32-2)20(26)14-17)16-24-28-21-15-18(27)10-11-22(21)30(24)19-7-5-6-8-19/h8-11,14-15,17,20H,4-7,12-13,16H2,1-3H3;8-13,16,19H,4-7,14-15H2,1-3H3;2*9-12,14-15,19H,3-8,13,16H2,1-2H3. The summed E-state index contributed by atoms with van der Waals surface area (Å²) in [7, 11) is 6.19. The highest BCUT2D eigenvalue weighted by atomic mass is 35.5. The van der Waals surface area contributed by atoms with Gasteiger partial charge in [-0.2, -0.15) is 0 Å². The predicted molar refractivity (Wildman–Crippen MR) is 504 cm³/mol. The normalized spacial score (nSPS) is 14.3. The summed E-state index contributed by atoms with van der Waals surface area (Å²) in [6.45, 7) is 16.5. The van der Waals surface area contributed by atoms with Gasteiger partial charge in [0.2, 0.25) is 0 Å². The molecule has 0 radical (unpaired) electrons. The molecule has 4 aliphatic rings. The highest BCUT2D eigenvalue weighted by molar-refractivity contribution is 6.33. The number of fused-ring (bicyclic) bond motifs is 4. The van der Waals surface area contributed by atoms with E-state index in [1.165, 1.54) is 99.9 Å². The summed E-state index contributed by atoms with van der Waals surface area (Å²) in [5, 5.41) is 1.69. The minimum absolute atomic E-state index is 0.0980. The third-order valence-electron chi connectivity index (χ3n) is 24.8. The Morgan fingerprint density at radius 3 is 0.938 bits per heavy atom. The molecule has 4 saturated carbocycles. The lowest BCUT2D eigenvalue weighted by Crippen LogP contribution is -2.35. The van der Waals surface area contributed by atoms with Crippen LogP contribution in [0.2, 0.25) is 20.1 Å². The lowest BCUT2D eigenvalue weighted by molar-refractivity contribution is 0.0711. The second kappa shape index (κ2) is 44.9. The zero-order valence-electron chi connectivity index (χ0n) is 75.5. The van der Waals surface area contributed by atoms with Crippen molar-refractivity contribution in [2.75, 3.05) is 54.6 Å². The van der Waals surface area contributed by atoms with Crippen molar-refractivity contribution >= 4 is 114 Å². The molecule has 0 spiro atoms. The van der Waals surface area contributed by atoms with E-state index in [4.69, 9.17) is 85.3 Å². The largest absolute Gasteiger partial charge is 0.496 e. The number of halogens is 8. The van der Waals surface area contributed by atoms with Gasteiger partial charge >= 0.3 is 0 Å². The number of rotatable bonds is 31. The van der Waals surface area contributed by atoms with Crippen LogP contribution in [0.15, 0.2) is 146 Å². The minimum Gasteiger partial charge on any atom is -0.496 e. The van der Waals surface area contributed by atoms with E-state index >= 15 is 0 Å². The van der Waals surface area contributed by atoms with Gasteiger partial charge in [0.15, 0.2) is 0 Å². The number of aromatic nitrogens is 8. The van der Waals surface area contributed by atoms with Crippen molar-refractivity contribution in [2.24, 2.45) is 11.8 Å². The number of nitrogens with zero attached hydrogens (tertiary/aromatic N) is 12. The fourth-order valence-electron chi connectivity index (χ4n) is 18.4. The number of benzene rings is 8. The number of hydrogen-bond acceptors (Lipinski definition) is 12. The number of methoxy groups -OCH3 is 4. The van der Waals surface area contributed by atoms with Crippen LogP contribution in [0.5, 0.6) is 23.0 Å². The van der Waals surface area contributed by atoms with Gasteiger partial charge in [-0.15, -0.1) is 0 Å². The van der Waals surface area contributed by atoms with Gasteiger partial charge < -0.3 is 56.8 Å². The molecule has 4 heterocycles. The highest BCUT2D eigenvalue weighted by Crippen LogP contribution is 2.41. The third-order valence-corrected chi connectivity index (χ3v) is 26.0. The van der Waals surface area contributed by atoms with E-state index in [0.717, 1.165) is 129 Å². The lowest BCUT2D eigenvalue weighted by Gasteiger charge is -2.26. The lowest BCUT2D eigenvalue weighted by atomic mass is 10.1. The van der Waals surface area contributed by atoms with Gasteiger partial charge in [0.05, 0.1) is 119 Å². The van der Waals surface area contributed by atoms with Gasteiger partial charge in [-0.25, -0.2) is 37.5 Å². The van der Waals surface area contributed by atoms with Crippen LogP contribution < -0.4 is 18.9 Å². The smallest absolute Gasteiger partial charge is 0.258 e. The van der Waals surface area contributed by atoms with Gasteiger partial charge in [-0.3, -0.25) is 19.2 Å². The molecule has 4 fully saturated rings.